The fourth-order valence-electron chi connectivity index (χ4n) is 4.89. The van der Waals surface area contributed by atoms with Gasteiger partial charge in [0.1, 0.15) is 0 Å². The second kappa shape index (κ2) is 10.9. The molecule has 3 saturated carbocycles. The maximum atomic E-state index is 2.52. The first kappa shape index (κ1) is 20.3. The van der Waals surface area contributed by atoms with Crippen LogP contribution in [-0.2, 0) is 0 Å². The average Bonchev–Trinajstić information content (AvgIpc) is 3.31. The zero-order chi connectivity index (χ0) is 17.4. The van der Waals surface area contributed by atoms with E-state index in [2.05, 4.69) is 27.7 Å². The van der Waals surface area contributed by atoms with E-state index < -0.39 is 0 Å². The molecule has 3 aliphatic carbocycles. The Morgan fingerprint density at radius 3 is 1.50 bits per heavy atom. The maximum absolute atomic E-state index is 2.52. The van der Waals surface area contributed by atoms with Crippen molar-refractivity contribution in [3.8, 4) is 0 Å². The summed E-state index contributed by atoms with van der Waals surface area (Å²) < 4.78 is 0. The topological polar surface area (TPSA) is 0 Å². The minimum Gasteiger partial charge on any atom is -0.0625 e. The van der Waals surface area contributed by atoms with Crippen LogP contribution in [0.15, 0.2) is 0 Å². The molecule has 0 aromatic carbocycles. The Hall–Kier alpha value is 0. The monoisotopic (exact) mass is 334 g/mol. The van der Waals surface area contributed by atoms with Crippen molar-refractivity contribution < 1.29 is 0 Å². The standard InChI is InChI=1S/C20H38.C4H8/c1-16-7-5-4-6-8-19(13-11-16)20-14-12-17(2)9-10-18(3)15-20;1-4-2-3-4/h16-20H,4-15H2,1-3H3;4H,2-3H2,1H3. The molecule has 0 spiro atoms. The normalized spacial score (nSPS) is 39.2. The minimum absolute atomic E-state index is 0.979. The average molecular weight is 335 g/mol. The van der Waals surface area contributed by atoms with Gasteiger partial charge < -0.3 is 0 Å². The van der Waals surface area contributed by atoms with Crippen LogP contribution in [0.2, 0.25) is 0 Å². The first-order valence-electron chi connectivity index (χ1n) is 11.5. The lowest BCUT2D eigenvalue weighted by molar-refractivity contribution is 0.184. The Morgan fingerprint density at radius 1 is 0.375 bits per heavy atom. The Balaban J connectivity index is 0.000000454. The molecule has 0 N–H and O–H groups in total. The molecule has 0 aliphatic heterocycles. The molecule has 0 aromatic heterocycles. The van der Waals surface area contributed by atoms with Crippen molar-refractivity contribution in [3.63, 3.8) is 0 Å². The summed E-state index contributed by atoms with van der Waals surface area (Å²) in [5.41, 5.74) is 0. The highest BCUT2D eigenvalue weighted by Crippen LogP contribution is 2.39. The Morgan fingerprint density at radius 2 is 0.833 bits per heavy atom. The van der Waals surface area contributed by atoms with Gasteiger partial charge >= 0.3 is 0 Å². The molecule has 0 heteroatoms. The fraction of sp³-hybridized carbons (Fsp3) is 1.00. The second-order valence-electron chi connectivity index (χ2n) is 10.1. The molecule has 5 atom stereocenters. The van der Waals surface area contributed by atoms with Gasteiger partial charge in [0.2, 0.25) is 0 Å². The zero-order valence-electron chi connectivity index (χ0n) is 17.4. The highest BCUT2D eigenvalue weighted by molar-refractivity contribution is 4.78. The number of rotatable bonds is 1. The molecule has 5 unspecified atom stereocenters. The molecule has 0 saturated heterocycles. The van der Waals surface area contributed by atoms with E-state index in [0.717, 1.165) is 35.5 Å². The predicted molar refractivity (Wildman–Crippen MR) is 108 cm³/mol. The highest BCUT2D eigenvalue weighted by Gasteiger charge is 2.26. The van der Waals surface area contributed by atoms with Gasteiger partial charge in [0.05, 0.1) is 0 Å². The quantitative estimate of drug-likeness (QED) is 0.452. The van der Waals surface area contributed by atoms with Crippen LogP contribution in [0.3, 0.4) is 0 Å². The molecule has 3 rings (SSSR count). The summed E-state index contributed by atoms with van der Waals surface area (Å²) in [6.45, 7) is 9.77. The molecule has 0 aromatic rings. The molecule has 142 valence electrons. The smallest absolute Gasteiger partial charge is 0.0383 e. The van der Waals surface area contributed by atoms with Crippen LogP contribution in [-0.4, -0.2) is 0 Å². The van der Waals surface area contributed by atoms with Crippen LogP contribution in [0.5, 0.6) is 0 Å². The molecular weight excluding hydrogens is 288 g/mol. The Kier molecular flexibility index (Phi) is 9.20. The van der Waals surface area contributed by atoms with E-state index in [4.69, 9.17) is 0 Å². The summed E-state index contributed by atoms with van der Waals surface area (Å²) in [5, 5.41) is 0. The van der Waals surface area contributed by atoms with Crippen LogP contribution in [0.1, 0.15) is 118 Å². The van der Waals surface area contributed by atoms with Gasteiger partial charge in [0.25, 0.3) is 0 Å². The van der Waals surface area contributed by atoms with E-state index in [1.807, 2.05) is 0 Å². The minimum atomic E-state index is 0.979. The van der Waals surface area contributed by atoms with E-state index in [0.29, 0.717) is 0 Å². The summed E-state index contributed by atoms with van der Waals surface area (Å²) >= 11 is 0. The molecule has 0 bridgehead atoms. The van der Waals surface area contributed by atoms with Gasteiger partial charge in [0.15, 0.2) is 0 Å². The molecule has 3 fully saturated rings. The van der Waals surface area contributed by atoms with E-state index in [9.17, 15) is 0 Å². The third-order valence-electron chi connectivity index (χ3n) is 7.22. The number of hydrogen-bond donors (Lipinski definition) is 0. The molecule has 0 radical (unpaired) electrons. The molecular formula is C24H46. The zero-order valence-corrected chi connectivity index (χ0v) is 17.4. The van der Waals surface area contributed by atoms with Crippen molar-refractivity contribution in [1.82, 2.24) is 0 Å². The van der Waals surface area contributed by atoms with Crippen LogP contribution in [0.25, 0.3) is 0 Å². The van der Waals surface area contributed by atoms with Gasteiger partial charge in [-0.05, 0) is 54.8 Å². The number of hydrogen-bond acceptors (Lipinski definition) is 0. The maximum Gasteiger partial charge on any atom is -0.0383 e. The lowest BCUT2D eigenvalue weighted by Crippen LogP contribution is -2.21. The third kappa shape index (κ3) is 8.39. The summed E-state index contributed by atoms with van der Waals surface area (Å²) in [6, 6.07) is 0. The van der Waals surface area contributed by atoms with Gasteiger partial charge in [0, 0.05) is 0 Å². The Labute approximate surface area is 153 Å². The molecule has 0 amide bonds. The van der Waals surface area contributed by atoms with Crippen LogP contribution in [0.4, 0.5) is 0 Å². The first-order valence-corrected chi connectivity index (χ1v) is 11.5. The van der Waals surface area contributed by atoms with Crippen molar-refractivity contribution in [1.29, 1.82) is 0 Å². The highest BCUT2D eigenvalue weighted by atomic mass is 14.3. The van der Waals surface area contributed by atoms with Crippen LogP contribution >= 0.6 is 0 Å². The van der Waals surface area contributed by atoms with Crippen molar-refractivity contribution >= 4 is 0 Å². The summed E-state index contributed by atoms with van der Waals surface area (Å²) in [7, 11) is 0. The molecule has 0 heterocycles. The summed E-state index contributed by atoms with van der Waals surface area (Å²) in [4.78, 5) is 0. The van der Waals surface area contributed by atoms with Gasteiger partial charge in [-0.2, -0.15) is 0 Å². The van der Waals surface area contributed by atoms with Crippen molar-refractivity contribution in [2.75, 3.05) is 0 Å². The first-order chi connectivity index (χ1) is 11.5. The van der Waals surface area contributed by atoms with Crippen molar-refractivity contribution in [3.05, 3.63) is 0 Å². The third-order valence-corrected chi connectivity index (χ3v) is 7.22. The van der Waals surface area contributed by atoms with E-state index in [1.165, 1.54) is 83.5 Å². The summed E-state index contributed by atoms with van der Waals surface area (Å²) in [6.07, 6.45) is 21.1. The van der Waals surface area contributed by atoms with Gasteiger partial charge in [-0.25, -0.2) is 0 Å². The van der Waals surface area contributed by atoms with Crippen molar-refractivity contribution in [2.24, 2.45) is 35.5 Å². The molecule has 3 aliphatic rings. The van der Waals surface area contributed by atoms with E-state index in [1.54, 1.807) is 6.42 Å². The molecule has 0 nitrogen and oxygen atoms in total. The largest absolute Gasteiger partial charge is 0.0625 e. The molecule has 24 heavy (non-hydrogen) atoms. The van der Waals surface area contributed by atoms with E-state index in [-0.39, 0.29) is 0 Å². The fourth-order valence-corrected chi connectivity index (χ4v) is 4.89. The Bertz CT molecular complexity index is 316. The van der Waals surface area contributed by atoms with E-state index >= 15 is 0 Å². The summed E-state index contributed by atoms with van der Waals surface area (Å²) in [5.74, 6) is 6.14. The van der Waals surface area contributed by atoms with Crippen LogP contribution < -0.4 is 0 Å². The van der Waals surface area contributed by atoms with Gasteiger partial charge in [-0.3, -0.25) is 0 Å². The predicted octanol–water partition coefficient (Wildman–Crippen LogP) is 8.25. The lowest BCUT2D eigenvalue weighted by Gasteiger charge is -2.33. The SMILES string of the molecule is CC1CC1.CC1CCCCCC(C2CCC(C)CCC(C)C2)CC1. The second-order valence-corrected chi connectivity index (χ2v) is 10.1. The van der Waals surface area contributed by atoms with Crippen LogP contribution in [0, 0.1) is 35.5 Å². The van der Waals surface area contributed by atoms with Gasteiger partial charge in [-0.1, -0.05) is 98.3 Å². The van der Waals surface area contributed by atoms with Crippen molar-refractivity contribution in [2.45, 2.75) is 118 Å². The van der Waals surface area contributed by atoms with Gasteiger partial charge in [-0.15, -0.1) is 0 Å². The lowest BCUT2D eigenvalue weighted by atomic mass is 9.73.